The first-order valence-corrected chi connectivity index (χ1v) is 4.89. The van der Waals surface area contributed by atoms with Gasteiger partial charge in [0.05, 0.1) is 0 Å². The van der Waals surface area contributed by atoms with Gasteiger partial charge in [0.25, 0.3) is 0 Å². The van der Waals surface area contributed by atoms with E-state index in [0.29, 0.717) is 0 Å². The summed E-state index contributed by atoms with van der Waals surface area (Å²) in [7, 11) is 0. The summed E-state index contributed by atoms with van der Waals surface area (Å²) in [4.78, 5) is 2.86. The molecule has 0 aliphatic rings. The molecule has 1 heteroatoms. The summed E-state index contributed by atoms with van der Waals surface area (Å²) in [6.07, 6.45) is 6.99. The largest absolute Gasteiger partial charge is 0.145 e. The molecule has 0 bridgehead atoms. The smallest absolute Gasteiger partial charge is 0.0115 e. The lowest BCUT2D eigenvalue weighted by Gasteiger charge is -1.90. The van der Waals surface area contributed by atoms with Crippen molar-refractivity contribution in [1.82, 2.24) is 0 Å². The molecule has 0 unspecified atom stereocenters. The molecule has 0 spiro atoms. The van der Waals surface area contributed by atoms with Gasteiger partial charge in [0, 0.05) is 16.2 Å². The zero-order valence-corrected chi connectivity index (χ0v) is 8.45. The number of rotatable bonds is 3. The van der Waals surface area contributed by atoms with Gasteiger partial charge in [0.15, 0.2) is 0 Å². The van der Waals surface area contributed by atoms with Crippen LogP contribution in [0.4, 0.5) is 0 Å². The van der Waals surface area contributed by atoms with E-state index in [1.807, 2.05) is 23.5 Å². The van der Waals surface area contributed by atoms with Crippen molar-refractivity contribution in [3.63, 3.8) is 0 Å². The molecule has 0 nitrogen and oxygen atoms in total. The maximum atomic E-state index is 3.64. The average molecular weight is 178 g/mol. The number of allylic oxidation sites excluding steroid dienone is 3. The summed E-state index contributed by atoms with van der Waals surface area (Å²) < 4.78 is 0. The Kier molecular flexibility index (Phi) is 3.30. The molecular weight excluding hydrogens is 164 g/mol. The molecule has 12 heavy (non-hydrogen) atoms. The van der Waals surface area contributed by atoms with Crippen LogP contribution in [0, 0.1) is 13.8 Å². The lowest BCUT2D eigenvalue weighted by Crippen LogP contribution is -1.76. The highest BCUT2D eigenvalue weighted by molar-refractivity contribution is 7.12. The summed E-state index contributed by atoms with van der Waals surface area (Å²) in [5, 5.41) is 0. The van der Waals surface area contributed by atoms with Gasteiger partial charge in [-0.2, -0.15) is 0 Å². The Balaban J connectivity index is 2.68. The van der Waals surface area contributed by atoms with E-state index in [2.05, 4.69) is 32.6 Å². The molecule has 1 aromatic rings. The van der Waals surface area contributed by atoms with Crippen LogP contribution in [0.2, 0.25) is 0 Å². The van der Waals surface area contributed by atoms with Gasteiger partial charge in [-0.1, -0.05) is 24.8 Å². The van der Waals surface area contributed by atoms with E-state index in [4.69, 9.17) is 0 Å². The van der Waals surface area contributed by atoms with E-state index in [-0.39, 0.29) is 0 Å². The molecular formula is C11H14S. The SMILES string of the molecule is C=C/C=C\Cc1sc(C)cc1C. The third kappa shape index (κ3) is 2.35. The summed E-state index contributed by atoms with van der Waals surface area (Å²) in [5.41, 5.74) is 1.41. The van der Waals surface area contributed by atoms with E-state index in [0.717, 1.165) is 6.42 Å². The number of thiophene rings is 1. The Bertz CT molecular complexity index is 292. The first-order valence-electron chi connectivity index (χ1n) is 4.07. The van der Waals surface area contributed by atoms with E-state index >= 15 is 0 Å². The standard InChI is InChI=1S/C11H14S/c1-4-5-6-7-11-9(2)8-10(3)12-11/h4-6,8H,1,7H2,2-3H3/b6-5-. The molecule has 0 N–H and O–H groups in total. The van der Waals surface area contributed by atoms with Crippen molar-refractivity contribution in [2.45, 2.75) is 20.3 Å². The normalized spacial score (nSPS) is 10.8. The van der Waals surface area contributed by atoms with E-state index < -0.39 is 0 Å². The van der Waals surface area contributed by atoms with E-state index in [9.17, 15) is 0 Å². The molecule has 0 aliphatic heterocycles. The molecule has 0 aromatic carbocycles. The molecule has 1 aromatic heterocycles. The average Bonchev–Trinajstić information content (AvgIpc) is 2.31. The lowest BCUT2D eigenvalue weighted by molar-refractivity contribution is 1.28. The van der Waals surface area contributed by atoms with Crippen molar-refractivity contribution in [3.05, 3.63) is 46.2 Å². The van der Waals surface area contributed by atoms with E-state index in [1.54, 1.807) is 0 Å². The van der Waals surface area contributed by atoms with Gasteiger partial charge in [0.2, 0.25) is 0 Å². The Morgan fingerprint density at radius 3 is 2.75 bits per heavy atom. The molecule has 1 heterocycles. The topological polar surface area (TPSA) is 0 Å². The molecule has 64 valence electrons. The number of hydrogen-bond donors (Lipinski definition) is 0. The van der Waals surface area contributed by atoms with Crippen molar-refractivity contribution in [1.29, 1.82) is 0 Å². The van der Waals surface area contributed by atoms with Crippen molar-refractivity contribution < 1.29 is 0 Å². The summed E-state index contributed by atoms with van der Waals surface area (Å²) in [6.45, 7) is 7.95. The van der Waals surface area contributed by atoms with Crippen molar-refractivity contribution in [2.75, 3.05) is 0 Å². The van der Waals surface area contributed by atoms with Gasteiger partial charge >= 0.3 is 0 Å². The highest BCUT2D eigenvalue weighted by Gasteiger charge is 1.99. The van der Waals surface area contributed by atoms with Gasteiger partial charge in [-0.05, 0) is 25.5 Å². The summed E-state index contributed by atoms with van der Waals surface area (Å²) in [6, 6.07) is 2.24. The van der Waals surface area contributed by atoms with Gasteiger partial charge in [-0.25, -0.2) is 0 Å². The van der Waals surface area contributed by atoms with Crippen LogP contribution in [-0.4, -0.2) is 0 Å². The second kappa shape index (κ2) is 4.27. The fourth-order valence-corrected chi connectivity index (χ4v) is 2.19. The van der Waals surface area contributed by atoms with Gasteiger partial charge in [-0.3, -0.25) is 0 Å². The predicted octanol–water partition coefficient (Wildman–Crippen LogP) is 3.65. The molecule has 0 saturated carbocycles. The van der Waals surface area contributed by atoms with Crippen LogP contribution in [0.15, 0.2) is 30.9 Å². The zero-order valence-electron chi connectivity index (χ0n) is 7.63. The lowest BCUT2D eigenvalue weighted by atomic mass is 10.2. The van der Waals surface area contributed by atoms with Gasteiger partial charge in [-0.15, -0.1) is 11.3 Å². The van der Waals surface area contributed by atoms with Crippen LogP contribution in [0.25, 0.3) is 0 Å². The fourth-order valence-electron chi connectivity index (χ4n) is 1.16. The maximum absolute atomic E-state index is 3.64. The third-order valence-electron chi connectivity index (χ3n) is 1.72. The van der Waals surface area contributed by atoms with E-state index in [1.165, 1.54) is 15.3 Å². The van der Waals surface area contributed by atoms with Crippen molar-refractivity contribution >= 4 is 11.3 Å². The Morgan fingerprint density at radius 2 is 2.25 bits per heavy atom. The first kappa shape index (κ1) is 9.27. The van der Waals surface area contributed by atoms with Crippen LogP contribution in [0.5, 0.6) is 0 Å². The highest BCUT2D eigenvalue weighted by atomic mass is 32.1. The summed E-state index contributed by atoms with van der Waals surface area (Å²) >= 11 is 1.88. The van der Waals surface area contributed by atoms with Crippen LogP contribution in [-0.2, 0) is 6.42 Å². The molecule has 0 amide bonds. The quantitative estimate of drug-likeness (QED) is 0.620. The van der Waals surface area contributed by atoms with Gasteiger partial charge in [0.1, 0.15) is 0 Å². The van der Waals surface area contributed by atoms with Crippen molar-refractivity contribution in [3.8, 4) is 0 Å². The summed E-state index contributed by atoms with van der Waals surface area (Å²) in [5.74, 6) is 0. The van der Waals surface area contributed by atoms with Crippen molar-refractivity contribution in [2.24, 2.45) is 0 Å². The minimum absolute atomic E-state index is 1.04. The number of hydrogen-bond acceptors (Lipinski definition) is 1. The second-order valence-corrected chi connectivity index (χ2v) is 4.17. The van der Waals surface area contributed by atoms with Crippen LogP contribution in [0.1, 0.15) is 15.3 Å². The predicted molar refractivity (Wildman–Crippen MR) is 56.8 cm³/mol. The maximum Gasteiger partial charge on any atom is 0.0115 e. The molecule has 0 saturated heterocycles. The third-order valence-corrected chi connectivity index (χ3v) is 2.89. The molecule has 1 rings (SSSR count). The minimum atomic E-state index is 1.04. The van der Waals surface area contributed by atoms with Crippen LogP contribution >= 0.6 is 11.3 Å². The Labute approximate surface area is 78.2 Å². The highest BCUT2D eigenvalue weighted by Crippen LogP contribution is 2.21. The van der Waals surface area contributed by atoms with Gasteiger partial charge < -0.3 is 0 Å². The zero-order chi connectivity index (χ0) is 8.97. The molecule has 0 radical (unpaired) electrons. The number of aryl methyl sites for hydroxylation is 2. The minimum Gasteiger partial charge on any atom is -0.145 e. The fraction of sp³-hybridized carbons (Fsp3) is 0.273. The molecule has 0 fully saturated rings. The molecule has 0 atom stereocenters. The Morgan fingerprint density at radius 1 is 1.50 bits per heavy atom. The van der Waals surface area contributed by atoms with Crippen LogP contribution in [0.3, 0.4) is 0 Å². The first-order chi connectivity index (χ1) is 5.74. The molecule has 0 aliphatic carbocycles. The second-order valence-electron chi connectivity index (χ2n) is 2.83. The Hall–Kier alpha value is -0.820. The monoisotopic (exact) mass is 178 g/mol. The van der Waals surface area contributed by atoms with Crippen LogP contribution < -0.4 is 0 Å².